The summed E-state index contributed by atoms with van der Waals surface area (Å²) in [5.74, 6) is 0.740. The quantitative estimate of drug-likeness (QED) is 0.882. The Morgan fingerprint density at radius 2 is 2.14 bits per heavy atom. The number of carbonyl (C=O) groups is 1. The second-order valence-corrected chi connectivity index (χ2v) is 5.85. The van der Waals surface area contributed by atoms with Gasteiger partial charge in [-0.25, -0.2) is 9.97 Å². The number of nitrogens with one attached hydrogen (secondary N) is 2. The van der Waals surface area contributed by atoms with Crippen LogP contribution in [0.15, 0.2) is 37.1 Å². The topological polar surface area (TPSA) is 71.8 Å². The lowest BCUT2D eigenvalue weighted by atomic mass is 10.1. The van der Waals surface area contributed by atoms with Crippen molar-refractivity contribution in [1.29, 1.82) is 0 Å². The molecule has 1 amide bonds. The molecule has 112 valence electrons. The molecular weight excluding hydrogens is 266 g/mol. The van der Waals surface area contributed by atoms with Crippen LogP contribution in [0.25, 0.3) is 5.82 Å². The molecule has 2 rings (SSSR count). The summed E-state index contributed by atoms with van der Waals surface area (Å²) in [5, 5.41) is 6.11. The highest BCUT2D eigenvalue weighted by Gasteiger charge is 2.09. The highest BCUT2D eigenvalue weighted by atomic mass is 16.1. The van der Waals surface area contributed by atoms with Gasteiger partial charge in [0.1, 0.15) is 12.1 Å². The first kappa shape index (κ1) is 15.2. The molecule has 21 heavy (non-hydrogen) atoms. The van der Waals surface area contributed by atoms with Crippen LogP contribution in [0.4, 0.5) is 5.69 Å². The molecule has 0 aromatic carbocycles. The van der Waals surface area contributed by atoms with Crippen LogP contribution in [0, 0.1) is 0 Å². The van der Waals surface area contributed by atoms with Crippen molar-refractivity contribution in [2.75, 3.05) is 11.9 Å². The monoisotopic (exact) mass is 287 g/mol. The van der Waals surface area contributed by atoms with Crippen molar-refractivity contribution < 1.29 is 4.79 Å². The Morgan fingerprint density at radius 1 is 1.33 bits per heavy atom. The Labute approximate surface area is 124 Å². The summed E-state index contributed by atoms with van der Waals surface area (Å²) < 4.78 is 1.80. The van der Waals surface area contributed by atoms with Gasteiger partial charge in [0, 0.05) is 30.9 Å². The smallest absolute Gasteiger partial charge is 0.225 e. The van der Waals surface area contributed by atoms with Crippen LogP contribution in [0.2, 0.25) is 0 Å². The fourth-order valence-electron chi connectivity index (χ4n) is 1.78. The predicted molar refractivity (Wildman–Crippen MR) is 82.4 cm³/mol. The third kappa shape index (κ3) is 5.00. The zero-order valence-electron chi connectivity index (χ0n) is 12.6. The van der Waals surface area contributed by atoms with Gasteiger partial charge in [-0.2, -0.15) is 0 Å². The Morgan fingerprint density at radius 3 is 2.71 bits per heavy atom. The van der Waals surface area contributed by atoms with Crippen molar-refractivity contribution in [2.45, 2.75) is 32.7 Å². The molecule has 0 aliphatic rings. The third-order valence-corrected chi connectivity index (χ3v) is 2.81. The van der Waals surface area contributed by atoms with E-state index in [1.165, 1.54) is 0 Å². The number of imidazole rings is 1. The van der Waals surface area contributed by atoms with E-state index in [9.17, 15) is 4.79 Å². The Balaban J connectivity index is 1.84. The van der Waals surface area contributed by atoms with Crippen LogP contribution in [-0.2, 0) is 4.79 Å². The lowest BCUT2D eigenvalue weighted by Crippen LogP contribution is -2.37. The van der Waals surface area contributed by atoms with Gasteiger partial charge in [0.2, 0.25) is 5.91 Å². The van der Waals surface area contributed by atoms with Crippen molar-refractivity contribution in [3.8, 4) is 5.82 Å². The van der Waals surface area contributed by atoms with Crippen LogP contribution < -0.4 is 10.6 Å². The molecule has 2 aromatic rings. The minimum atomic E-state index is -0.0241. The van der Waals surface area contributed by atoms with Gasteiger partial charge in [-0.3, -0.25) is 9.36 Å². The first-order valence-electron chi connectivity index (χ1n) is 6.93. The number of amides is 1. The maximum absolute atomic E-state index is 11.8. The average Bonchev–Trinajstić information content (AvgIpc) is 2.92. The number of nitrogens with zero attached hydrogens (tertiary/aromatic N) is 3. The summed E-state index contributed by atoms with van der Waals surface area (Å²) >= 11 is 0. The molecule has 0 atom stereocenters. The van der Waals surface area contributed by atoms with Gasteiger partial charge in [0.15, 0.2) is 0 Å². The zero-order chi connectivity index (χ0) is 15.3. The SMILES string of the molecule is CC(C)(C)NCCC(=O)Nc1ccc(-n2ccnc2)nc1. The highest BCUT2D eigenvalue weighted by molar-refractivity contribution is 5.90. The maximum atomic E-state index is 11.8. The first-order chi connectivity index (χ1) is 9.94. The highest BCUT2D eigenvalue weighted by Crippen LogP contribution is 2.09. The maximum Gasteiger partial charge on any atom is 0.225 e. The Bertz CT molecular complexity index is 569. The van der Waals surface area contributed by atoms with Crippen LogP contribution in [-0.4, -0.2) is 32.5 Å². The Hall–Kier alpha value is -2.21. The van der Waals surface area contributed by atoms with E-state index in [4.69, 9.17) is 0 Å². The molecule has 0 saturated heterocycles. The number of hydrogen-bond acceptors (Lipinski definition) is 4. The van der Waals surface area contributed by atoms with E-state index >= 15 is 0 Å². The molecule has 0 aliphatic carbocycles. The first-order valence-corrected chi connectivity index (χ1v) is 6.93. The van der Waals surface area contributed by atoms with E-state index < -0.39 is 0 Å². The molecule has 0 spiro atoms. The fourth-order valence-corrected chi connectivity index (χ4v) is 1.78. The summed E-state index contributed by atoms with van der Waals surface area (Å²) in [6.07, 6.45) is 7.27. The minimum Gasteiger partial charge on any atom is -0.325 e. The minimum absolute atomic E-state index is 0.0221. The van der Waals surface area contributed by atoms with Gasteiger partial charge < -0.3 is 10.6 Å². The molecule has 2 aromatic heterocycles. The van der Waals surface area contributed by atoms with Crippen LogP contribution in [0.1, 0.15) is 27.2 Å². The standard InChI is InChI=1S/C15H21N5O/c1-15(2,3)18-7-6-14(21)19-12-4-5-13(17-10-12)20-9-8-16-11-20/h4-5,8-11,18H,6-7H2,1-3H3,(H,19,21). The molecular formula is C15H21N5O. The van der Waals surface area contributed by atoms with Crippen molar-refractivity contribution >= 4 is 11.6 Å². The van der Waals surface area contributed by atoms with E-state index in [2.05, 4.69) is 41.4 Å². The Kier molecular flexibility index (Phi) is 4.70. The number of rotatable bonds is 5. The molecule has 6 heteroatoms. The largest absolute Gasteiger partial charge is 0.325 e. The number of carbonyl (C=O) groups excluding carboxylic acids is 1. The predicted octanol–water partition coefficient (Wildman–Crippen LogP) is 1.98. The van der Waals surface area contributed by atoms with Crippen LogP contribution >= 0.6 is 0 Å². The summed E-state index contributed by atoms with van der Waals surface area (Å²) in [7, 11) is 0. The lowest BCUT2D eigenvalue weighted by Gasteiger charge is -2.20. The van der Waals surface area contributed by atoms with Gasteiger partial charge in [0.25, 0.3) is 0 Å². The molecule has 0 saturated carbocycles. The van der Waals surface area contributed by atoms with Crippen molar-refractivity contribution in [2.24, 2.45) is 0 Å². The second-order valence-electron chi connectivity index (χ2n) is 5.85. The molecule has 0 bridgehead atoms. The molecule has 2 heterocycles. The van der Waals surface area contributed by atoms with Gasteiger partial charge >= 0.3 is 0 Å². The van der Waals surface area contributed by atoms with Gasteiger partial charge in [-0.15, -0.1) is 0 Å². The van der Waals surface area contributed by atoms with Gasteiger partial charge in [-0.05, 0) is 32.9 Å². The average molecular weight is 287 g/mol. The summed E-state index contributed by atoms with van der Waals surface area (Å²) in [4.78, 5) is 20.1. The number of hydrogen-bond donors (Lipinski definition) is 2. The van der Waals surface area contributed by atoms with E-state index in [1.54, 1.807) is 23.3 Å². The van der Waals surface area contributed by atoms with Crippen LogP contribution in [0.5, 0.6) is 0 Å². The van der Waals surface area contributed by atoms with Crippen molar-refractivity contribution in [3.05, 3.63) is 37.1 Å². The number of anilines is 1. The van der Waals surface area contributed by atoms with Crippen molar-refractivity contribution in [1.82, 2.24) is 19.9 Å². The van der Waals surface area contributed by atoms with E-state index in [1.807, 2.05) is 18.3 Å². The normalized spacial score (nSPS) is 11.4. The molecule has 0 unspecified atom stereocenters. The van der Waals surface area contributed by atoms with E-state index in [0.29, 0.717) is 18.7 Å². The number of aromatic nitrogens is 3. The molecule has 0 fully saturated rings. The summed E-state index contributed by atoms with van der Waals surface area (Å²) in [6, 6.07) is 3.67. The molecule has 0 radical (unpaired) electrons. The number of pyridine rings is 1. The second kappa shape index (κ2) is 6.49. The van der Waals surface area contributed by atoms with E-state index in [0.717, 1.165) is 5.82 Å². The van der Waals surface area contributed by atoms with Crippen LogP contribution in [0.3, 0.4) is 0 Å². The molecule has 6 nitrogen and oxygen atoms in total. The lowest BCUT2D eigenvalue weighted by molar-refractivity contribution is -0.116. The van der Waals surface area contributed by atoms with Gasteiger partial charge in [-0.1, -0.05) is 0 Å². The van der Waals surface area contributed by atoms with E-state index in [-0.39, 0.29) is 11.4 Å². The fraction of sp³-hybridized carbons (Fsp3) is 0.400. The van der Waals surface area contributed by atoms with Gasteiger partial charge in [0.05, 0.1) is 11.9 Å². The third-order valence-electron chi connectivity index (χ3n) is 2.81. The van der Waals surface area contributed by atoms with Crippen molar-refractivity contribution in [3.63, 3.8) is 0 Å². The zero-order valence-corrected chi connectivity index (χ0v) is 12.6. The molecule has 0 aliphatic heterocycles. The molecule has 2 N–H and O–H groups in total. The summed E-state index contributed by atoms with van der Waals surface area (Å²) in [5.41, 5.74) is 0.716. The summed E-state index contributed by atoms with van der Waals surface area (Å²) in [6.45, 7) is 6.87.